The molecule has 32 heavy (non-hydrogen) atoms. The summed E-state index contributed by atoms with van der Waals surface area (Å²) in [6.45, 7) is 8.52. The van der Waals surface area contributed by atoms with E-state index in [0.29, 0.717) is 0 Å². The second-order valence-corrected chi connectivity index (χ2v) is 8.65. The number of alkyl halides is 3. The molecular weight excluding hydrogens is 449 g/mol. The monoisotopic (exact) mass is 474 g/mol. The lowest BCUT2D eigenvalue weighted by Crippen LogP contribution is -2.60. The number of methoxy groups -OCH3 is 1. The van der Waals surface area contributed by atoms with Crippen LogP contribution in [0, 0.1) is 0 Å². The van der Waals surface area contributed by atoms with Crippen LogP contribution in [0.3, 0.4) is 0 Å². The molecule has 7 nitrogen and oxygen atoms in total. The molecular formula is C21H25F3N2O5S. The van der Waals surface area contributed by atoms with Crippen molar-refractivity contribution in [2.24, 2.45) is 0 Å². The summed E-state index contributed by atoms with van der Waals surface area (Å²) in [4.78, 5) is 39.9. The molecule has 2 amide bonds. The van der Waals surface area contributed by atoms with E-state index in [0.717, 1.165) is 24.1 Å². The van der Waals surface area contributed by atoms with Crippen molar-refractivity contribution in [1.29, 1.82) is 0 Å². The second-order valence-electron chi connectivity index (χ2n) is 8.17. The molecule has 1 aromatic rings. The number of benzene rings is 1. The van der Waals surface area contributed by atoms with Gasteiger partial charge in [-0.25, -0.2) is 9.59 Å². The van der Waals surface area contributed by atoms with Gasteiger partial charge in [0, 0.05) is 23.6 Å². The molecule has 0 bridgehead atoms. The smallest absolute Gasteiger partial charge is 0.417 e. The molecule has 0 spiro atoms. The van der Waals surface area contributed by atoms with Gasteiger partial charge in [-0.2, -0.15) is 13.2 Å². The number of nitrogens with zero attached hydrogens (tertiary/aromatic N) is 2. The van der Waals surface area contributed by atoms with Gasteiger partial charge in [0.25, 0.3) is 5.91 Å². The predicted molar refractivity (Wildman–Crippen MR) is 113 cm³/mol. The lowest BCUT2D eigenvalue weighted by molar-refractivity contribution is -0.154. The average Bonchev–Trinajstić information content (AvgIpc) is 2.69. The summed E-state index contributed by atoms with van der Waals surface area (Å²) in [6, 6.07) is 2.03. The predicted octanol–water partition coefficient (Wildman–Crippen LogP) is 3.63. The molecule has 1 unspecified atom stereocenters. The highest BCUT2D eigenvalue weighted by atomic mass is 32.1. The third-order valence-electron chi connectivity index (χ3n) is 4.67. The normalized spacial score (nSPS) is 17.1. The molecule has 1 aliphatic heterocycles. The number of halogens is 3. The molecule has 1 aromatic carbocycles. The van der Waals surface area contributed by atoms with Crippen LogP contribution in [0.2, 0.25) is 0 Å². The first-order chi connectivity index (χ1) is 14.7. The first-order valence-corrected chi connectivity index (χ1v) is 10.1. The second kappa shape index (κ2) is 9.43. The van der Waals surface area contributed by atoms with Crippen LogP contribution >= 0.6 is 12.6 Å². The molecule has 1 fully saturated rings. The van der Waals surface area contributed by atoms with Gasteiger partial charge in [-0.05, 0) is 38.5 Å². The maximum Gasteiger partial charge on any atom is 0.417 e. The molecule has 0 aliphatic carbocycles. The highest BCUT2D eigenvalue weighted by Gasteiger charge is 2.40. The summed E-state index contributed by atoms with van der Waals surface area (Å²) in [5.41, 5.74) is -2.05. The standard InChI is InChI=1S/C21H25F3N2O5S/c1-12(13-6-7-16(32)14(10-13)21(22,23)24)17(27)26-9-8-25(11-15(26)18(28)30-5)19(29)31-20(2,3)4/h6-7,10,15,32H,1,8-9,11H2,2-5H3. The molecule has 1 atom stereocenters. The minimum Gasteiger partial charge on any atom is -0.467 e. The Bertz CT molecular complexity index is 927. The van der Waals surface area contributed by atoms with E-state index in [1.165, 1.54) is 11.0 Å². The molecule has 0 saturated carbocycles. The van der Waals surface area contributed by atoms with Crippen molar-refractivity contribution in [2.75, 3.05) is 26.7 Å². The van der Waals surface area contributed by atoms with Crippen molar-refractivity contribution in [3.8, 4) is 0 Å². The highest BCUT2D eigenvalue weighted by molar-refractivity contribution is 7.80. The number of thiol groups is 1. The van der Waals surface area contributed by atoms with Crippen LogP contribution in [0.4, 0.5) is 18.0 Å². The fourth-order valence-electron chi connectivity index (χ4n) is 3.10. The Morgan fingerprint density at radius 1 is 1.16 bits per heavy atom. The van der Waals surface area contributed by atoms with E-state index < -0.39 is 41.4 Å². The Hall–Kier alpha value is -2.69. The van der Waals surface area contributed by atoms with Crippen molar-refractivity contribution in [1.82, 2.24) is 9.80 Å². The van der Waals surface area contributed by atoms with Crippen molar-refractivity contribution in [3.05, 3.63) is 35.9 Å². The van der Waals surface area contributed by atoms with E-state index in [9.17, 15) is 27.6 Å². The van der Waals surface area contributed by atoms with Crippen LogP contribution in [0.25, 0.3) is 5.57 Å². The first-order valence-electron chi connectivity index (χ1n) is 9.62. The molecule has 176 valence electrons. The molecule has 1 saturated heterocycles. The van der Waals surface area contributed by atoms with Gasteiger partial charge < -0.3 is 19.3 Å². The van der Waals surface area contributed by atoms with Gasteiger partial charge >= 0.3 is 18.2 Å². The Kier molecular flexibility index (Phi) is 7.54. The summed E-state index contributed by atoms with van der Waals surface area (Å²) < 4.78 is 49.7. The van der Waals surface area contributed by atoms with Crippen LogP contribution in [-0.2, 0) is 25.2 Å². The Balaban J connectivity index is 2.28. The number of ether oxygens (including phenoxy) is 2. The zero-order valence-electron chi connectivity index (χ0n) is 18.2. The maximum atomic E-state index is 13.2. The lowest BCUT2D eigenvalue weighted by Gasteiger charge is -2.40. The van der Waals surface area contributed by atoms with Gasteiger partial charge in [0.1, 0.15) is 11.6 Å². The van der Waals surface area contributed by atoms with Crippen molar-refractivity contribution in [3.63, 3.8) is 0 Å². The van der Waals surface area contributed by atoms with Gasteiger partial charge in [-0.1, -0.05) is 12.6 Å². The van der Waals surface area contributed by atoms with Crippen LogP contribution in [0.15, 0.2) is 29.7 Å². The SMILES string of the molecule is C=C(C(=O)N1CCN(C(=O)OC(C)(C)C)CC1C(=O)OC)c1ccc(S)c(C(F)(F)F)c1. The Morgan fingerprint density at radius 2 is 1.78 bits per heavy atom. The molecule has 1 aliphatic rings. The van der Waals surface area contributed by atoms with Crippen molar-refractivity contribution >= 4 is 36.2 Å². The topological polar surface area (TPSA) is 76.2 Å². The van der Waals surface area contributed by atoms with Crippen molar-refractivity contribution < 1.29 is 37.0 Å². The molecule has 0 aromatic heterocycles. The molecule has 0 N–H and O–H groups in total. The Morgan fingerprint density at radius 3 is 2.31 bits per heavy atom. The van der Waals surface area contributed by atoms with Crippen LogP contribution in [0.1, 0.15) is 31.9 Å². The highest BCUT2D eigenvalue weighted by Crippen LogP contribution is 2.35. The largest absolute Gasteiger partial charge is 0.467 e. The number of esters is 1. The van der Waals surface area contributed by atoms with E-state index in [1.54, 1.807) is 20.8 Å². The molecule has 2 rings (SSSR count). The summed E-state index contributed by atoms with van der Waals surface area (Å²) >= 11 is 3.82. The number of piperazine rings is 1. The van der Waals surface area contributed by atoms with Gasteiger partial charge in [0.05, 0.1) is 19.2 Å². The van der Waals surface area contributed by atoms with Crippen LogP contribution in [-0.4, -0.2) is 66.2 Å². The molecule has 11 heteroatoms. The third kappa shape index (κ3) is 5.96. The minimum atomic E-state index is -4.66. The average molecular weight is 475 g/mol. The maximum absolute atomic E-state index is 13.2. The number of rotatable bonds is 3. The fourth-order valence-corrected chi connectivity index (χ4v) is 3.37. The zero-order chi connectivity index (χ0) is 24.4. The number of hydrogen-bond donors (Lipinski definition) is 1. The van der Waals surface area contributed by atoms with Crippen molar-refractivity contribution in [2.45, 2.75) is 43.5 Å². The Labute approximate surface area is 189 Å². The van der Waals surface area contributed by atoms with E-state index in [-0.39, 0.29) is 35.7 Å². The van der Waals surface area contributed by atoms with E-state index in [4.69, 9.17) is 9.47 Å². The van der Waals surface area contributed by atoms with E-state index >= 15 is 0 Å². The fraction of sp³-hybridized carbons (Fsp3) is 0.476. The molecule has 0 radical (unpaired) electrons. The number of carbonyl (C=O) groups excluding carboxylic acids is 3. The van der Waals surface area contributed by atoms with Crippen LogP contribution in [0.5, 0.6) is 0 Å². The minimum absolute atomic E-state index is 0.0571. The number of hydrogen-bond acceptors (Lipinski definition) is 6. The van der Waals surface area contributed by atoms with E-state index in [1.807, 2.05) is 0 Å². The zero-order valence-corrected chi connectivity index (χ0v) is 19.0. The quantitative estimate of drug-likeness (QED) is 0.411. The van der Waals surface area contributed by atoms with E-state index in [2.05, 4.69) is 19.2 Å². The van der Waals surface area contributed by atoms with Crippen LogP contribution < -0.4 is 0 Å². The summed E-state index contributed by atoms with van der Waals surface area (Å²) in [5.74, 6) is -1.52. The van der Waals surface area contributed by atoms with Gasteiger partial charge in [-0.3, -0.25) is 4.79 Å². The first kappa shape index (κ1) is 25.6. The number of carbonyl (C=O) groups is 3. The summed E-state index contributed by atoms with van der Waals surface area (Å²) in [5, 5.41) is 0. The third-order valence-corrected chi connectivity index (χ3v) is 5.06. The van der Waals surface area contributed by atoms with Gasteiger partial charge in [0.15, 0.2) is 0 Å². The molecule has 1 heterocycles. The van der Waals surface area contributed by atoms with Gasteiger partial charge in [0.2, 0.25) is 0 Å². The summed E-state index contributed by atoms with van der Waals surface area (Å²) in [6.07, 6.45) is -5.32. The summed E-state index contributed by atoms with van der Waals surface area (Å²) in [7, 11) is 1.13. The van der Waals surface area contributed by atoms with Gasteiger partial charge in [-0.15, -0.1) is 12.6 Å². The number of amides is 2. The lowest BCUT2D eigenvalue weighted by atomic mass is 10.0.